The van der Waals surface area contributed by atoms with Crippen molar-refractivity contribution in [1.29, 1.82) is 0 Å². The van der Waals surface area contributed by atoms with Gasteiger partial charge in [0.05, 0.1) is 24.2 Å². The summed E-state index contributed by atoms with van der Waals surface area (Å²) in [5.41, 5.74) is 0.244. The molecule has 0 aromatic heterocycles. The van der Waals surface area contributed by atoms with Gasteiger partial charge in [0.1, 0.15) is 0 Å². The van der Waals surface area contributed by atoms with Crippen LogP contribution in [-0.4, -0.2) is 45.1 Å². The standard InChI is InChI=1S/C17H23NO5S/c1-4-5-13-6-7-14(15(10-13)22-3)23-11-16(19)18-17(2)8-9-24(20,21)12-17/h4-7,10H,8-9,11-12H2,1-3H3,(H,18,19)/b5-4+. The fraction of sp³-hybridized carbons (Fsp3) is 0.471. The molecule has 132 valence electrons. The number of benzene rings is 1. The van der Waals surface area contributed by atoms with Gasteiger partial charge in [-0.15, -0.1) is 0 Å². The van der Waals surface area contributed by atoms with E-state index in [1.807, 2.05) is 31.2 Å². The van der Waals surface area contributed by atoms with Gasteiger partial charge in [-0.25, -0.2) is 8.42 Å². The SMILES string of the molecule is C/C=C/c1ccc(OCC(=O)NC2(C)CCS(=O)(=O)C2)c(OC)c1. The Bertz CT molecular complexity index is 741. The number of ether oxygens (including phenoxy) is 2. The van der Waals surface area contributed by atoms with Crippen molar-refractivity contribution < 1.29 is 22.7 Å². The maximum atomic E-state index is 12.1. The van der Waals surface area contributed by atoms with E-state index >= 15 is 0 Å². The number of hydrogen-bond donors (Lipinski definition) is 1. The molecule has 7 heteroatoms. The number of nitrogens with one attached hydrogen (secondary N) is 1. The number of sulfone groups is 1. The van der Waals surface area contributed by atoms with Crippen molar-refractivity contribution in [3.8, 4) is 11.5 Å². The Morgan fingerprint density at radius 2 is 2.12 bits per heavy atom. The van der Waals surface area contributed by atoms with Crippen molar-refractivity contribution in [2.24, 2.45) is 0 Å². The number of hydrogen-bond acceptors (Lipinski definition) is 5. The van der Waals surface area contributed by atoms with Crippen molar-refractivity contribution in [2.75, 3.05) is 25.2 Å². The first-order valence-electron chi connectivity index (χ1n) is 7.72. The number of methoxy groups -OCH3 is 1. The minimum Gasteiger partial charge on any atom is -0.493 e. The Kier molecular flexibility index (Phi) is 5.54. The van der Waals surface area contributed by atoms with Gasteiger partial charge in [-0.1, -0.05) is 18.2 Å². The quantitative estimate of drug-likeness (QED) is 0.843. The summed E-state index contributed by atoms with van der Waals surface area (Å²) in [5, 5.41) is 2.76. The second-order valence-corrected chi connectivity index (χ2v) is 8.33. The summed E-state index contributed by atoms with van der Waals surface area (Å²) in [6, 6.07) is 5.42. The van der Waals surface area contributed by atoms with Crippen LogP contribution in [0.1, 0.15) is 25.8 Å². The Morgan fingerprint density at radius 3 is 2.71 bits per heavy atom. The number of amides is 1. The minimum atomic E-state index is -3.07. The lowest BCUT2D eigenvalue weighted by molar-refractivity contribution is -0.124. The van der Waals surface area contributed by atoms with Crippen LogP contribution in [0.4, 0.5) is 0 Å². The molecule has 1 fully saturated rings. The number of carbonyl (C=O) groups is 1. The van der Waals surface area contributed by atoms with Crippen molar-refractivity contribution >= 4 is 21.8 Å². The van der Waals surface area contributed by atoms with Gasteiger partial charge in [0, 0.05) is 0 Å². The Hall–Kier alpha value is -2.02. The van der Waals surface area contributed by atoms with Crippen LogP contribution in [0.2, 0.25) is 0 Å². The molecule has 24 heavy (non-hydrogen) atoms. The number of carbonyl (C=O) groups excluding carboxylic acids is 1. The van der Waals surface area contributed by atoms with Gasteiger partial charge in [0.2, 0.25) is 0 Å². The first-order chi connectivity index (χ1) is 11.3. The zero-order valence-electron chi connectivity index (χ0n) is 14.2. The van der Waals surface area contributed by atoms with Gasteiger partial charge in [-0.05, 0) is 38.0 Å². The van der Waals surface area contributed by atoms with Crippen LogP contribution in [0, 0.1) is 0 Å². The summed E-state index contributed by atoms with van der Waals surface area (Å²) >= 11 is 0. The molecule has 0 spiro atoms. The third kappa shape index (κ3) is 4.74. The van der Waals surface area contributed by atoms with Crippen LogP contribution in [-0.2, 0) is 14.6 Å². The van der Waals surface area contributed by atoms with E-state index in [9.17, 15) is 13.2 Å². The van der Waals surface area contributed by atoms with Crippen LogP contribution >= 0.6 is 0 Å². The monoisotopic (exact) mass is 353 g/mol. The number of rotatable bonds is 6. The molecule has 1 atom stereocenters. The van der Waals surface area contributed by atoms with E-state index in [-0.39, 0.29) is 24.0 Å². The average molecular weight is 353 g/mol. The lowest BCUT2D eigenvalue weighted by atomic mass is 10.0. The van der Waals surface area contributed by atoms with Crippen LogP contribution in [0.3, 0.4) is 0 Å². The summed E-state index contributed by atoms with van der Waals surface area (Å²) < 4.78 is 33.9. The molecule has 1 aliphatic heterocycles. The van der Waals surface area contributed by atoms with Crippen molar-refractivity contribution in [3.63, 3.8) is 0 Å². The predicted octanol–water partition coefficient (Wildman–Crippen LogP) is 1.80. The Labute approximate surface area is 142 Å². The molecular formula is C17H23NO5S. The number of allylic oxidation sites excluding steroid dienone is 1. The average Bonchev–Trinajstić information content (AvgIpc) is 2.79. The van der Waals surface area contributed by atoms with Gasteiger partial charge in [-0.3, -0.25) is 4.79 Å². The topological polar surface area (TPSA) is 81.7 Å². The maximum absolute atomic E-state index is 12.1. The second-order valence-electron chi connectivity index (χ2n) is 6.15. The van der Waals surface area contributed by atoms with Gasteiger partial charge < -0.3 is 14.8 Å². The van der Waals surface area contributed by atoms with Crippen molar-refractivity contribution in [2.45, 2.75) is 25.8 Å². The summed E-state index contributed by atoms with van der Waals surface area (Å²) in [4.78, 5) is 12.1. The zero-order valence-corrected chi connectivity index (χ0v) is 15.0. The van der Waals surface area contributed by atoms with E-state index in [2.05, 4.69) is 5.32 Å². The predicted molar refractivity (Wildman–Crippen MR) is 93.0 cm³/mol. The molecule has 1 aromatic carbocycles. The molecule has 1 heterocycles. The van der Waals surface area contributed by atoms with Gasteiger partial charge in [-0.2, -0.15) is 0 Å². The third-order valence-corrected chi connectivity index (χ3v) is 5.75. The molecule has 1 aliphatic rings. The van der Waals surface area contributed by atoms with E-state index in [4.69, 9.17) is 9.47 Å². The van der Waals surface area contributed by atoms with E-state index < -0.39 is 15.4 Å². The minimum absolute atomic E-state index is 0.0346. The highest BCUT2D eigenvalue weighted by molar-refractivity contribution is 7.91. The van der Waals surface area contributed by atoms with Gasteiger partial charge in [0.15, 0.2) is 27.9 Å². The highest BCUT2D eigenvalue weighted by Crippen LogP contribution is 2.28. The summed E-state index contributed by atoms with van der Waals surface area (Å²) in [5.74, 6) is 0.713. The molecule has 1 amide bonds. The van der Waals surface area contributed by atoms with E-state index in [0.29, 0.717) is 17.9 Å². The Balaban J connectivity index is 1.97. The highest BCUT2D eigenvalue weighted by atomic mass is 32.2. The fourth-order valence-electron chi connectivity index (χ4n) is 2.72. The zero-order chi connectivity index (χ0) is 17.8. The first kappa shape index (κ1) is 18.3. The highest BCUT2D eigenvalue weighted by Gasteiger charge is 2.39. The van der Waals surface area contributed by atoms with E-state index in [0.717, 1.165) is 5.56 Å². The van der Waals surface area contributed by atoms with Gasteiger partial charge in [0.25, 0.3) is 5.91 Å². The maximum Gasteiger partial charge on any atom is 0.258 e. The summed E-state index contributed by atoms with van der Waals surface area (Å²) in [6.07, 6.45) is 4.27. The normalized spacial score (nSPS) is 22.5. The summed E-state index contributed by atoms with van der Waals surface area (Å²) in [7, 11) is -1.54. The van der Waals surface area contributed by atoms with Crippen LogP contribution in [0.5, 0.6) is 11.5 Å². The van der Waals surface area contributed by atoms with E-state index in [1.165, 1.54) is 7.11 Å². The van der Waals surface area contributed by atoms with Crippen LogP contribution < -0.4 is 14.8 Å². The molecular weight excluding hydrogens is 330 g/mol. The molecule has 1 saturated heterocycles. The molecule has 1 aromatic rings. The molecule has 0 radical (unpaired) electrons. The lowest BCUT2D eigenvalue weighted by Gasteiger charge is -2.24. The summed E-state index contributed by atoms with van der Waals surface area (Å²) in [6.45, 7) is 3.46. The third-order valence-electron chi connectivity index (χ3n) is 3.85. The molecule has 2 rings (SSSR count). The first-order valence-corrected chi connectivity index (χ1v) is 9.54. The molecule has 0 saturated carbocycles. The smallest absolute Gasteiger partial charge is 0.258 e. The van der Waals surface area contributed by atoms with Crippen LogP contribution in [0.15, 0.2) is 24.3 Å². The Morgan fingerprint density at radius 1 is 1.38 bits per heavy atom. The fourth-order valence-corrected chi connectivity index (χ4v) is 4.82. The largest absolute Gasteiger partial charge is 0.493 e. The molecule has 6 nitrogen and oxygen atoms in total. The van der Waals surface area contributed by atoms with E-state index in [1.54, 1.807) is 13.0 Å². The van der Waals surface area contributed by atoms with Crippen LogP contribution in [0.25, 0.3) is 6.08 Å². The molecule has 0 bridgehead atoms. The lowest BCUT2D eigenvalue weighted by Crippen LogP contribution is -2.48. The molecule has 1 N–H and O–H groups in total. The van der Waals surface area contributed by atoms with Crippen molar-refractivity contribution in [3.05, 3.63) is 29.8 Å². The second kappa shape index (κ2) is 7.25. The molecule has 1 unspecified atom stereocenters. The van der Waals surface area contributed by atoms with Crippen molar-refractivity contribution in [1.82, 2.24) is 5.32 Å². The molecule has 0 aliphatic carbocycles. The van der Waals surface area contributed by atoms with Gasteiger partial charge >= 0.3 is 0 Å².